The normalized spacial score (nSPS) is 12.9. The Hall–Kier alpha value is -2.44. The van der Waals surface area contributed by atoms with Crippen LogP contribution in [0.4, 0.5) is 0 Å². The smallest absolute Gasteiger partial charge is 0.305 e. The zero-order valence-electron chi connectivity index (χ0n) is 50.7. The summed E-state index contributed by atoms with van der Waals surface area (Å²) in [6.45, 7) is 4.85. The van der Waals surface area contributed by atoms with Gasteiger partial charge in [0.2, 0.25) is 5.91 Å². The van der Waals surface area contributed by atoms with Gasteiger partial charge in [0.1, 0.15) is 0 Å². The van der Waals surface area contributed by atoms with E-state index in [2.05, 4.69) is 67.8 Å². The average Bonchev–Trinajstić information content (AvgIpc) is 3.42. The van der Waals surface area contributed by atoms with E-state index in [1.165, 1.54) is 263 Å². The maximum Gasteiger partial charge on any atom is 0.305 e. The number of aliphatic hydroxyl groups excluding tert-OH is 2. The van der Waals surface area contributed by atoms with E-state index in [1.54, 1.807) is 6.08 Å². The number of unbranched alkanes of at least 4 members (excludes halogenated alkanes) is 43. The predicted octanol–water partition coefficient (Wildman–Crippen LogP) is 21.5. The van der Waals surface area contributed by atoms with Crippen LogP contribution < -0.4 is 5.32 Å². The summed E-state index contributed by atoms with van der Waals surface area (Å²) in [5.74, 6) is -0.0748. The number of allylic oxidation sites excluding steroid dienone is 9. The molecule has 0 aromatic heterocycles. The highest BCUT2D eigenvalue weighted by atomic mass is 16.5. The Morgan fingerprint density at radius 3 is 1.05 bits per heavy atom. The molecule has 6 nitrogen and oxygen atoms in total. The van der Waals surface area contributed by atoms with Crippen LogP contribution >= 0.6 is 0 Å². The lowest BCUT2D eigenvalue weighted by Gasteiger charge is -2.20. The molecule has 2 unspecified atom stereocenters. The van der Waals surface area contributed by atoms with Crippen molar-refractivity contribution in [2.75, 3.05) is 13.2 Å². The van der Waals surface area contributed by atoms with E-state index in [-0.39, 0.29) is 18.5 Å². The fourth-order valence-corrected chi connectivity index (χ4v) is 10.1. The van der Waals surface area contributed by atoms with Gasteiger partial charge >= 0.3 is 5.97 Å². The molecule has 76 heavy (non-hydrogen) atoms. The summed E-state index contributed by atoms with van der Waals surface area (Å²) in [5.41, 5.74) is 0. The van der Waals surface area contributed by atoms with E-state index in [0.29, 0.717) is 19.4 Å². The van der Waals surface area contributed by atoms with Crippen LogP contribution in [-0.4, -0.2) is 47.4 Å². The van der Waals surface area contributed by atoms with E-state index in [4.69, 9.17) is 4.74 Å². The quantitative estimate of drug-likeness (QED) is 0.0320. The van der Waals surface area contributed by atoms with Gasteiger partial charge in [0.05, 0.1) is 25.4 Å². The largest absolute Gasteiger partial charge is 0.466 e. The predicted molar refractivity (Wildman–Crippen MR) is 333 cm³/mol. The number of carbonyl (C=O) groups is 2. The minimum Gasteiger partial charge on any atom is -0.466 e. The van der Waals surface area contributed by atoms with Crippen LogP contribution in [0.1, 0.15) is 348 Å². The van der Waals surface area contributed by atoms with Crippen molar-refractivity contribution in [3.8, 4) is 0 Å². The highest BCUT2D eigenvalue weighted by Gasteiger charge is 2.18. The summed E-state index contributed by atoms with van der Waals surface area (Å²) in [4.78, 5) is 24.5. The lowest BCUT2D eigenvalue weighted by atomic mass is 10.0. The highest BCUT2D eigenvalue weighted by Crippen LogP contribution is 2.17. The number of hydrogen-bond donors (Lipinski definition) is 3. The van der Waals surface area contributed by atoms with E-state index >= 15 is 0 Å². The van der Waals surface area contributed by atoms with E-state index in [9.17, 15) is 19.8 Å². The molecular weight excluding hydrogens is 935 g/mol. The topological polar surface area (TPSA) is 95.9 Å². The van der Waals surface area contributed by atoms with Crippen LogP contribution in [0.3, 0.4) is 0 Å². The first-order valence-electron chi connectivity index (χ1n) is 33.6. The van der Waals surface area contributed by atoms with Crippen molar-refractivity contribution in [3.05, 3.63) is 60.8 Å². The fourth-order valence-electron chi connectivity index (χ4n) is 10.1. The Balaban J connectivity index is 3.46. The standard InChI is InChI=1S/C70H129NO5/c1-3-5-7-9-11-13-15-17-18-19-29-32-35-39-42-46-50-54-58-62-68(73)67(66-72)71-69(74)63-59-55-51-47-43-40-36-33-30-27-25-23-21-20-22-24-26-28-31-34-37-41-45-49-53-57-61-65-76-70(75)64-60-56-52-48-44-38-16-14-12-10-8-6-4-2/h8,10,14,16,20-21,24,26,58,62,67-68,72-73H,3-7,9,11-13,15,17-19,22-23,25,27-57,59-61,63-66H2,1-2H3,(H,71,74)/b10-8-,16-14-,21-20-,26-24-,62-58+. The second kappa shape index (κ2) is 65.1. The molecule has 3 N–H and O–H groups in total. The van der Waals surface area contributed by atoms with Gasteiger partial charge in [-0.3, -0.25) is 9.59 Å². The molecule has 0 saturated carbocycles. The molecule has 6 heteroatoms. The molecule has 0 fully saturated rings. The first-order chi connectivity index (χ1) is 37.5. The number of aliphatic hydroxyl groups is 2. The van der Waals surface area contributed by atoms with Gasteiger partial charge < -0.3 is 20.3 Å². The van der Waals surface area contributed by atoms with Crippen molar-refractivity contribution < 1.29 is 24.5 Å². The van der Waals surface area contributed by atoms with E-state index in [1.807, 2.05) is 6.08 Å². The first kappa shape index (κ1) is 73.6. The summed E-state index contributed by atoms with van der Waals surface area (Å²) >= 11 is 0. The fraction of sp³-hybridized carbons (Fsp3) is 0.829. The highest BCUT2D eigenvalue weighted by molar-refractivity contribution is 5.76. The lowest BCUT2D eigenvalue weighted by Crippen LogP contribution is -2.45. The molecular formula is C70H129NO5. The Bertz CT molecular complexity index is 1320. The van der Waals surface area contributed by atoms with E-state index in [0.717, 1.165) is 57.8 Å². The van der Waals surface area contributed by atoms with Gasteiger partial charge in [-0.2, -0.15) is 0 Å². The molecule has 0 spiro atoms. The summed E-state index contributed by atoms with van der Waals surface area (Å²) < 4.78 is 5.47. The van der Waals surface area contributed by atoms with Crippen LogP contribution in [0.2, 0.25) is 0 Å². The van der Waals surface area contributed by atoms with Gasteiger partial charge in [-0.15, -0.1) is 0 Å². The molecule has 1 amide bonds. The molecule has 2 atom stereocenters. The number of amides is 1. The van der Waals surface area contributed by atoms with Crippen molar-refractivity contribution >= 4 is 11.9 Å². The lowest BCUT2D eigenvalue weighted by molar-refractivity contribution is -0.143. The van der Waals surface area contributed by atoms with Crippen molar-refractivity contribution in [2.24, 2.45) is 0 Å². The summed E-state index contributed by atoms with van der Waals surface area (Å²) in [5, 5.41) is 23.2. The number of ether oxygens (including phenoxy) is 1. The molecule has 0 aliphatic carbocycles. The molecule has 0 aromatic carbocycles. The molecule has 0 radical (unpaired) electrons. The van der Waals surface area contributed by atoms with Crippen LogP contribution in [0.5, 0.6) is 0 Å². The third-order valence-corrected chi connectivity index (χ3v) is 15.2. The SMILES string of the molecule is CCC/C=C\C/C=C\CCCCCCCC(=O)OCCCCCCCCCCC/C=C\C/C=C\CCCCCCCCCCCCCC(=O)NC(CO)C(O)/C=C/CCCCCCCCCCCCCCCCCCC. The Kier molecular flexibility index (Phi) is 63.0. The number of carbonyl (C=O) groups excluding carboxylic acids is 2. The van der Waals surface area contributed by atoms with Crippen molar-refractivity contribution in [3.63, 3.8) is 0 Å². The van der Waals surface area contributed by atoms with Crippen molar-refractivity contribution in [1.82, 2.24) is 5.32 Å². The third-order valence-electron chi connectivity index (χ3n) is 15.2. The second-order valence-electron chi connectivity index (χ2n) is 22.8. The van der Waals surface area contributed by atoms with Crippen LogP contribution in [0.15, 0.2) is 60.8 Å². The summed E-state index contributed by atoms with van der Waals surface area (Å²) in [6, 6.07) is -0.632. The maximum atomic E-state index is 12.5. The average molecular weight is 1060 g/mol. The molecule has 0 aliphatic heterocycles. The monoisotopic (exact) mass is 1060 g/mol. The number of rotatable bonds is 62. The summed E-state index contributed by atoms with van der Waals surface area (Å²) in [7, 11) is 0. The minimum absolute atomic E-state index is 0.00550. The zero-order valence-corrected chi connectivity index (χ0v) is 50.7. The number of nitrogens with one attached hydrogen (secondary N) is 1. The van der Waals surface area contributed by atoms with Gasteiger partial charge in [0.15, 0.2) is 0 Å². The molecule has 0 aliphatic rings. The van der Waals surface area contributed by atoms with Gasteiger partial charge in [0.25, 0.3) is 0 Å². The third kappa shape index (κ3) is 60.8. The second-order valence-corrected chi connectivity index (χ2v) is 22.8. The van der Waals surface area contributed by atoms with Gasteiger partial charge in [-0.25, -0.2) is 0 Å². The van der Waals surface area contributed by atoms with Crippen LogP contribution in [-0.2, 0) is 14.3 Å². The minimum atomic E-state index is -0.848. The molecule has 0 heterocycles. The number of hydrogen-bond acceptors (Lipinski definition) is 5. The van der Waals surface area contributed by atoms with Gasteiger partial charge in [-0.1, -0.05) is 306 Å². The first-order valence-corrected chi connectivity index (χ1v) is 33.6. The van der Waals surface area contributed by atoms with Crippen LogP contribution in [0, 0.1) is 0 Å². The Morgan fingerprint density at radius 1 is 0.368 bits per heavy atom. The Morgan fingerprint density at radius 2 is 0.684 bits per heavy atom. The Labute approximate surface area is 473 Å². The molecule has 444 valence electrons. The molecule has 0 aromatic rings. The van der Waals surface area contributed by atoms with E-state index < -0.39 is 12.1 Å². The number of esters is 1. The molecule has 0 bridgehead atoms. The van der Waals surface area contributed by atoms with Gasteiger partial charge in [0, 0.05) is 12.8 Å². The van der Waals surface area contributed by atoms with Crippen LogP contribution in [0.25, 0.3) is 0 Å². The molecule has 0 rings (SSSR count). The maximum absolute atomic E-state index is 12.5. The van der Waals surface area contributed by atoms with Gasteiger partial charge in [-0.05, 0) is 89.9 Å². The van der Waals surface area contributed by atoms with Crippen molar-refractivity contribution in [2.45, 2.75) is 360 Å². The molecule has 0 saturated heterocycles. The zero-order chi connectivity index (χ0) is 55.0. The summed E-state index contributed by atoms with van der Waals surface area (Å²) in [6.07, 6.45) is 85.7. The van der Waals surface area contributed by atoms with Crippen molar-refractivity contribution in [1.29, 1.82) is 0 Å².